The van der Waals surface area contributed by atoms with Crippen LogP contribution < -0.4 is 5.73 Å². The average molecular weight is 205 g/mol. The monoisotopic (exact) mass is 205 g/mol. The summed E-state index contributed by atoms with van der Waals surface area (Å²) in [5, 5.41) is 0. The van der Waals surface area contributed by atoms with Crippen LogP contribution in [0, 0.1) is 12.8 Å². The third kappa shape index (κ3) is 4.98. The van der Waals surface area contributed by atoms with Crippen LogP contribution >= 0.6 is 0 Å². The van der Waals surface area contributed by atoms with Crippen molar-refractivity contribution in [3.8, 4) is 0 Å². The molecule has 84 valence electrons. The minimum atomic E-state index is 0.352. The maximum atomic E-state index is 6.06. The Bertz CT molecular complexity index is 291. The fraction of sp³-hybridized carbons (Fsp3) is 0.571. The summed E-state index contributed by atoms with van der Waals surface area (Å²) in [5.74, 6) is 0.706. The third-order valence-corrected chi connectivity index (χ3v) is 2.66. The van der Waals surface area contributed by atoms with E-state index in [9.17, 15) is 0 Å². The van der Waals surface area contributed by atoms with E-state index in [-0.39, 0.29) is 0 Å². The summed E-state index contributed by atoms with van der Waals surface area (Å²) in [6.45, 7) is 6.59. The van der Waals surface area contributed by atoms with Gasteiger partial charge in [0.1, 0.15) is 0 Å². The van der Waals surface area contributed by atoms with Crippen LogP contribution in [0.25, 0.3) is 0 Å². The molecule has 0 fully saturated rings. The van der Waals surface area contributed by atoms with Crippen molar-refractivity contribution >= 4 is 0 Å². The predicted octanol–water partition coefficient (Wildman–Crippen LogP) is 3.30. The summed E-state index contributed by atoms with van der Waals surface area (Å²) in [5.41, 5.74) is 8.81. The van der Waals surface area contributed by atoms with E-state index >= 15 is 0 Å². The molecule has 1 heteroatoms. The molecule has 0 aromatic heterocycles. The Kier molecular flexibility index (Phi) is 4.83. The van der Waals surface area contributed by atoms with E-state index in [0.29, 0.717) is 12.0 Å². The fourth-order valence-electron chi connectivity index (χ4n) is 1.94. The van der Waals surface area contributed by atoms with E-state index in [0.717, 1.165) is 19.3 Å². The molecule has 0 aliphatic carbocycles. The van der Waals surface area contributed by atoms with E-state index in [1.54, 1.807) is 0 Å². The summed E-state index contributed by atoms with van der Waals surface area (Å²) >= 11 is 0. The van der Waals surface area contributed by atoms with Crippen LogP contribution in [0.5, 0.6) is 0 Å². The van der Waals surface area contributed by atoms with Gasteiger partial charge in [0.05, 0.1) is 0 Å². The van der Waals surface area contributed by atoms with Gasteiger partial charge in [0.15, 0.2) is 0 Å². The normalized spacial score (nSPS) is 13.1. The molecule has 0 aliphatic rings. The van der Waals surface area contributed by atoms with Crippen LogP contribution in [0.15, 0.2) is 24.3 Å². The first-order valence-electron chi connectivity index (χ1n) is 5.89. The molecular formula is C14H23N. The number of benzene rings is 1. The average Bonchev–Trinajstić information content (AvgIpc) is 2.14. The highest BCUT2D eigenvalue weighted by atomic mass is 14.6. The smallest absolute Gasteiger partial charge is 0.00444 e. The molecule has 0 bridgehead atoms. The van der Waals surface area contributed by atoms with Gasteiger partial charge in [0.2, 0.25) is 0 Å². The van der Waals surface area contributed by atoms with Crippen LogP contribution in [0.3, 0.4) is 0 Å². The van der Waals surface area contributed by atoms with Crippen molar-refractivity contribution in [2.75, 3.05) is 0 Å². The Morgan fingerprint density at radius 1 is 1.27 bits per heavy atom. The lowest BCUT2D eigenvalue weighted by Crippen LogP contribution is -2.22. The van der Waals surface area contributed by atoms with E-state index in [1.807, 2.05) is 0 Å². The minimum absolute atomic E-state index is 0.352. The summed E-state index contributed by atoms with van der Waals surface area (Å²) in [6, 6.07) is 9.05. The molecule has 2 N–H and O–H groups in total. The molecule has 0 aliphatic heterocycles. The van der Waals surface area contributed by atoms with E-state index in [4.69, 9.17) is 5.73 Å². The first-order chi connectivity index (χ1) is 7.08. The molecule has 0 heterocycles. The predicted molar refractivity (Wildman–Crippen MR) is 66.9 cm³/mol. The van der Waals surface area contributed by atoms with Gasteiger partial charge in [0, 0.05) is 6.04 Å². The van der Waals surface area contributed by atoms with Gasteiger partial charge < -0.3 is 5.73 Å². The van der Waals surface area contributed by atoms with Gasteiger partial charge in [-0.2, -0.15) is 0 Å². The highest BCUT2D eigenvalue weighted by molar-refractivity contribution is 5.22. The molecule has 0 spiro atoms. The molecule has 0 saturated carbocycles. The highest BCUT2D eigenvalue weighted by Gasteiger charge is 2.05. The number of hydrogen-bond donors (Lipinski definition) is 1. The first-order valence-corrected chi connectivity index (χ1v) is 5.89. The van der Waals surface area contributed by atoms with Crippen molar-refractivity contribution in [2.45, 2.75) is 46.1 Å². The number of nitrogens with two attached hydrogens (primary N) is 1. The van der Waals surface area contributed by atoms with Crippen molar-refractivity contribution in [3.05, 3.63) is 35.4 Å². The fourth-order valence-corrected chi connectivity index (χ4v) is 1.94. The highest BCUT2D eigenvalue weighted by Crippen LogP contribution is 2.11. The third-order valence-electron chi connectivity index (χ3n) is 2.66. The van der Waals surface area contributed by atoms with Crippen LogP contribution in [0.2, 0.25) is 0 Å². The Hall–Kier alpha value is -0.820. The lowest BCUT2D eigenvalue weighted by atomic mass is 9.98. The van der Waals surface area contributed by atoms with E-state index in [2.05, 4.69) is 45.0 Å². The Morgan fingerprint density at radius 3 is 2.60 bits per heavy atom. The number of hydrogen-bond acceptors (Lipinski definition) is 1. The molecule has 1 nitrogen and oxygen atoms in total. The van der Waals surface area contributed by atoms with Crippen molar-refractivity contribution in [1.29, 1.82) is 0 Å². The van der Waals surface area contributed by atoms with Gasteiger partial charge in [-0.1, -0.05) is 43.7 Å². The Balaban J connectivity index is 2.36. The van der Waals surface area contributed by atoms with Crippen LogP contribution in [-0.2, 0) is 6.42 Å². The van der Waals surface area contributed by atoms with Gasteiger partial charge in [0.25, 0.3) is 0 Å². The second-order valence-corrected chi connectivity index (χ2v) is 4.92. The molecule has 15 heavy (non-hydrogen) atoms. The largest absolute Gasteiger partial charge is 0.328 e. The van der Waals surface area contributed by atoms with E-state index in [1.165, 1.54) is 11.1 Å². The maximum Gasteiger partial charge on any atom is 0.00444 e. The second kappa shape index (κ2) is 5.92. The van der Waals surface area contributed by atoms with Crippen LogP contribution in [0.4, 0.5) is 0 Å². The van der Waals surface area contributed by atoms with Gasteiger partial charge in [-0.3, -0.25) is 0 Å². The van der Waals surface area contributed by atoms with Crippen molar-refractivity contribution in [2.24, 2.45) is 11.7 Å². The van der Waals surface area contributed by atoms with Gasteiger partial charge in [-0.15, -0.1) is 0 Å². The van der Waals surface area contributed by atoms with Crippen LogP contribution in [-0.4, -0.2) is 6.04 Å². The van der Waals surface area contributed by atoms with Gasteiger partial charge >= 0.3 is 0 Å². The summed E-state index contributed by atoms with van der Waals surface area (Å²) < 4.78 is 0. The SMILES string of the molecule is Cc1cccc(CCC(N)CC(C)C)c1. The summed E-state index contributed by atoms with van der Waals surface area (Å²) in [6.07, 6.45) is 3.34. The van der Waals surface area contributed by atoms with Crippen molar-refractivity contribution in [1.82, 2.24) is 0 Å². The molecule has 0 radical (unpaired) electrons. The zero-order valence-corrected chi connectivity index (χ0v) is 10.2. The summed E-state index contributed by atoms with van der Waals surface area (Å²) in [4.78, 5) is 0. The standard InChI is InChI=1S/C14H23N/c1-11(2)9-14(15)8-7-13-6-4-5-12(3)10-13/h4-6,10-11,14H,7-9,15H2,1-3H3. The second-order valence-electron chi connectivity index (χ2n) is 4.92. The first kappa shape index (κ1) is 12.3. The molecule has 1 atom stereocenters. The lowest BCUT2D eigenvalue weighted by molar-refractivity contribution is 0.473. The van der Waals surface area contributed by atoms with Crippen molar-refractivity contribution < 1.29 is 0 Å². The lowest BCUT2D eigenvalue weighted by Gasteiger charge is -2.13. The quantitative estimate of drug-likeness (QED) is 0.784. The molecule has 1 rings (SSSR count). The van der Waals surface area contributed by atoms with Gasteiger partial charge in [-0.05, 0) is 37.7 Å². The zero-order chi connectivity index (χ0) is 11.3. The maximum absolute atomic E-state index is 6.06. The Morgan fingerprint density at radius 2 is 2.00 bits per heavy atom. The minimum Gasteiger partial charge on any atom is -0.328 e. The summed E-state index contributed by atoms with van der Waals surface area (Å²) in [7, 11) is 0. The topological polar surface area (TPSA) is 26.0 Å². The molecule has 1 aromatic rings. The molecule has 1 unspecified atom stereocenters. The molecular weight excluding hydrogens is 182 g/mol. The number of aryl methyl sites for hydroxylation is 2. The molecule has 0 amide bonds. The zero-order valence-electron chi connectivity index (χ0n) is 10.2. The van der Waals surface area contributed by atoms with Crippen LogP contribution in [0.1, 0.15) is 37.8 Å². The molecule has 1 aromatic carbocycles. The van der Waals surface area contributed by atoms with Crippen molar-refractivity contribution in [3.63, 3.8) is 0 Å². The number of rotatable bonds is 5. The Labute approximate surface area is 93.7 Å². The van der Waals surface area contributed by atoms with Gasteiger partial charge in [-0.25, -0.2) is 0 Å². The van der Waals surface area contributed by atoms with E-state index < -0.39 is 0 Å². The molecule has 0 saturated heterocycles.